The fourth-order valence-corrected chi connectivity index (χ4v) is 3.73. The fourth-order valence-electron chi connectivity index (χ4n) is 3.73. The van der Waals surface area contributed by atoms with Crippen molar-refractivity contribution in [3.05, 3.63) is 35.9 Å². The van der Waals surface area contributed by atoms with Gasteiger partial charge >= 0.3 is 12.1 Å². The molecule has 1 aromatic rings. The smallest absolute Gasteiger partial charge is 0.410 e. The molecule has 7 heteroatoms. The Labute approximate surface area is 159 Å². The average molecular weight is 374 g/mol. The van der Waals surface area contributed by atoms with Crippen LogP contribution in [-0.2, 0) is 25.7 Å². The third-order valence-electron chi connectivity index (χ3n) is 5.16. The number of ether oxygens (including phenoxy) is 2. The molecule has 2 aliphatic heterocycles. The molecule has 2 aliphatic rings. The predicted molar refractivity (Wildman–Crippen MR) is 97.7 cm³/mol. The second-order valence-corrected chi connectivity index (χ2v) is 7.03. The van der Waals surface area contributed by atoms with E-state index >= 15 is 0 Å². The van der Waals surface area contributed by atoms with E-state index in [1.54, 1.807) is 4.90 Å². The van der Waals surface area contributed by atoms with Crippen LogP contribution >= 0.6 is 0 Å². The molecule has 2 fully saturated rings. The summed E-state index contributed by atoms with van der Waals surface area (Å²) in [7, 11) is 0. The highest BCUT2D eigenvalue weighted by molar-refractivity contribution is 5.82. The molecule has 2 atom stereocenters. The number of nitrogens with zero attached hydrogens (tertiary/aromatic N) is 2. The van der Waals surface area contributed by atoms with Crippen molar-refractivity contribution in [2.45, 2.75) is 51.3 Å². The SMILES string of the molecule is CC(=O)N1CCCC1COC(=O)C1CCCN1C(=O)OCc1ccccc1. The first-order valence-electron chi connectivity index (χ1n) is 9.47. The zero-order chi connectivity index (χ0) is 19.2. The van der Waals surface area contributed by atoms with Crippen LogP contribution in [0.4, 0.5) is 4.79 Å². The molecule has 146 valence electrons. The van der Waals surface area contributed by atoms with Gasteiger partial charge in [-0.3, -0.25) is 9.69 Å². The predicted octanol–water partition coefficient (Wildman–Crippen LogP) is 2.34. The van der Waals surface area contributed by atoms with Gasteiger partial charge in [-0.25, -0.2) is 9.59 Å². The van der Waals surface area contributed by atoms with Crippen molar-refractivity contribution in [3.8, 4) is 0 Å². The van der Waals surface area contributed by atoms with Gasteiger partial charge in [0.25, 0.3) is 0 Å². The van der Waals surface area contributed by atoms with E-state index in [4.69, 9.17) is 9.47 Å². The molecule has 1 aromatic carbocycles. The fraction of sp³-hybridized carbons (Fsp3) is 0.550. The van der Waals surface area contributed by atoms with Gasteiger partial charge in [0, 0.05) is 20.0 Å². The summed E-state index contributed by atoms with van der Waals surface area (Å²) in [4.78, 5) is 39.7. The first kappa shape index (κ1) is 19.2. The van der Waals surface area contributed by atoms with Crippen LogP contribution in [0.3, 0.4) is 0 Å². The molecular weight excluding hydrogens is 348 g/mol. The first-order chi connectivity index (χ1) is 13.1. The van der Waals surface area contributed by atoms with Crippen molar-refractivity contribution < 1.29 is 23.9 Å². The maximum Gasteiger partial charge on any atom is 0.410 e. The summed E-state index contributed by atoms with van der Waals surface area (Å²) >= 11 is 0. The zero-order valence-corrected chi connectivity index (χ0v) is 15.6. The molecule has 2 amide bonds. The standard InChI is InChI=1S/C20H26N2O5/c1-15(23)21-11-5-9-17(21)14-26-19(24)18-10-6-12-22(18)20(25)27-13-16-7-3-2-4-8-16/h2-4,7-8,17-18H,5-6,9-14H2,1H3. The molecule has 3 rings (SSSR count). The number of benzene rings is 1. The Morgan fingerprint density at radius 1 is 1.00 bits per heavy atom. The first-order valence-corrected chi connectivity index (χ1v) is 9.47. The summed E-state index contributed by atoms with van der Waals surface area (Å²) < 4.78 is 10.8. The van der Waals surface area contributed by atoms with Crippen molar-refractivity contribution in [1.29, 1.82) is 0 Å². The highest BCUT2D eigenvalue weighted by Crippen LogP contribution is 2.22. The maximum atomic E-state index is 12.5. The molecule has 27 heavy (non-hydrogen) atoms. The second kappa shape index (κ2) is 8.88. The Morgan fingerprint density at radius 2 is 1.70 bits per heavy atom. The normalized spacial score (nSPS) is 22.0. The van der Waals surface area contributed by atoms with Crippen molar-refractivity contribution in [2.24, 2.45) is 0 Å². The van der Waals surface area contributed by atoms with Crippen LogP contribution in [0.2, 0.25) is 0 Å². The number of carbonyl (C=O) groups excluding carboxylic acids is 3. The molecule has 0 radical (unpaired) electrons. The number of rotatable bonds is 5. The second-order valence-electron chi connectivity index (χ2n) is 7.03. The van der Waals surface area contributed by atoms with E-state index in [2.05, 4.69) is 0 Å². The molecule has 2 heterocycles. The molecule has 0 spiro atoms. The third-order valence-corrected chi connectivity index (χ3v) is 5.16. The Kier molecular flexibility index (Phi) is 6.32. The van der Waals surface area contributed by atoms with Crippen LogP contribution in [-0.4, -0.2) is 59.5 Å². The molecule has 2 unspecified atom stereocenters. The van der Waals surface area contributed by atoms with Gasteiger partial charge in [-0.15, -0.1) is 0 Å². The van der Waals surface area contributed by atoms with Crippen molar-refractivity contribution >= 4 is 18.0 Å². The molecule has 0 N–H and O–H groups in total. The van der Waals surface area contributed by atoms with Crippen molar-refractivity contribution in [1.82, 2.24) is 9.80 Å². The summed E-state index contributed by atoms with van der Waals surface area (Å²) in [5.74, 6) is -0.417. The third kappa shape index (κ3) is 4.78. The van der Waals surface area contributed by atoms with E-state index in [9.17, 15) is 14.4 Å². The van der Waals surface area contributed by atoms with Crippen LogP contribution in [0.15, 0.2) is 30.3 Å². The van der Waals surface area contributed by atoms with Gasteiger partial charge in [-0.1, -0.05) is 30.3 Å². The summed E-state index contributed by atoms with van der Waals surface area (Å²) in [6.45, 7) is 3.08. The summed E-state index contributed by atoms with van der Waals surface area (Å²) in [5, 5.41) is 0. The number of hydrogen-bond acceptors (Lipinski definition) is 5. The highest BCUT2D eigenvalue weighted by Gasteiger charge is 2.37. The van der Waals surface area contributed by atoms with E-state index in [1.165, 1.54) is 11.8 Å². The van der Waals surface area contributed by atoms with E-state index in [0.29, 0.717) is 19.5 Å². The van der Waals surface area contributed by atoms with Crippen molar-refractivity contribution in [2.75, 3.05) is 19.7 Å². The minimum absolute atomic E-state index is 0.000492. The number of amides is 2. The molecule has 7 nitrogen and oxygen atoms in total. The van der Waals surface area contributed by atoms with E-state index < -0.39 is 18.1 Å². The lowest BCUT2D eigenvalue weighted by Gasteiger charge is -2.26. The molecular formula is C20H26N2O5. The van der Waals surface area contributed by atoms with Gasteiger partial charge in [0.15, 0.2) is 0 Å². The molecule has 0 aliphatic carbocycles. The van der Waals surface area contributed by atoms with Crippen molar-refractivity contribution in [3.63, 3.8) is 0 Å². The van der Waals surface area contributed by atoms with Crippen LogP contribution in [0, 0.1) is 0 Å². The number of carbonyl (C=O) groups is 3. The maximum absolute atomic E-state index is 12.5. The summed E-state index contributed by atoms with van der Waals surface area (Å²) in [5.41, 5.74) is 0.898. The number of hydrogen-bond donors (Lipinski definition) is 0. The lowest BCUT2D eigenvalue weighted by Crippen LogP contribution is -2.43. The number of likely N-dealkylation sites (tertiary alicyclic amines) is 2. The summed E-state index contributed by atoms with van der Waals surface area (Å²) in [6, 6.07) is 8.75. The highest BCUT2D eigenvalue weighted by atomic mass is 16.6. The Bertz CT molecular complexity index is 678. The van der Waals surface area contributed by atoms with E-state index in [-0.39, 0.29) is 25.2 Å². The number of esters is 1. The van der Waals surface area contributed by atoms with Gasteiger partial charge < -0.3 is 14.4 Å². The van der Waals surface area contributed by atoms with E-state index in [1.807, 2.05) is 30.3 Å². The quantitative estimate of drug-likeness (QED) is 0.740. The Hall–Kier alpha value is -2.57. The van der Waals surface area contributed by atoms with Gasteiger partial charge in [0.05, 0.1) is 6.04 Å². The van der Waals surface area contributed by atoms with Crippen LogP contribution < -0.4 is 0 Å². The largest absolute Gasteiger partial charge is 0.462 e. The summed E-state index contributed by atoms with van der Waals surface area (Å²) in [6.07, 6.45) is 2.57. The van der Waals surface area contributed by atoms with Gasteiger partial charge in [0.1, 0.15) is 19.3 Å². The van der Waals surface area contributed by atoms with Crippen LogP contribution in [0.1, 0.15) is 38.2 Å². The molecule has 0 aromatic heterocycles. The minimum atomic E-state index is -0.611. The minimum Gasteiger partial charge on any atom is -0.462 e. The zero-order valence-electron chi connectivity index (χ0n) is 15.6. The van der Waals surface area contributed by atoms with Crippen LogP contribution in [0.25, 0.3) is 0 Å². The van der Waals surface area contributed by atoms with Gasteiger partial charge in [-0.05, 0) is 31.2 Å². The average Bonchev–Trinajstić information content (AvgIpc) is 3.34. The lowest BCUT2D eigenvalue weighted by atomic mass is 10.2. The van der Waals surface area contributed by atoms with Crippen LogP contribution in [0.5, 0.6) is 0 Å². The molecule has 2 saturated heterocycles. The lowest BCUT2D eigenvalue weighted by molar-refractivity contribution is -0.151. The molecule has 0 saturated carbocycles. The van der Waals surface area contributed by atoms with Gasteiger partial charge in [-0.2, -0.15) is 0 Å². The Morgan fingerprint density at radius 3 is 2.44 bits per heavy atom. The van der Waals surface area contributed by atoms with E-state index in [0.717, 1.165) is 24.8 Å². The molecule has 0 bridgehead atoms. The monoisotopic (exact) mass is 374 g/mol. The van der Waals surface area contributed by atoms with Gasteiger partial charge in [0.2, 0.25) is 5.91 Å². The topological polar surface area (TPSA) is 76.2 Å². The Balaban J connectivity index is 1.50.